The molecule has 0 bridgehead atoms. The Labute approximate surface area is 408 Å². The molecule has 0 amide bonds. The van der Waals surface area contributed by atoms with Crippen LogP contribution in [0.1, 0.15) is 53.5 Å². The lowest BCUT2D eigenvalue weighted by Crippen LogP contribution is -2.39. The van der Waals surface area contributed by atoms with Crippen LogP contribution in [0.2, 0.25) is 5.02 Å². The molecule has 17 heteroatoms. The summed E-state index contributed by atoms with van der Waals surface area (Å²) in [6.07, 6.45) is 2.94. The number of likely N-dealkylation sites (tertiary alicyclic amines) is 1. The maximum Gasteiger partial charge on any atom is 0.345 e. The van der Waals surface area contributed by atoms with E-state index in [1.165, 1.54) is 29.8 Å². The van der Waals surface area contributed by atoms with Crippen molar-refractivity contribution in [2.75, 3.05) is 46.5 Å². The van der Waals surface area contributed by atoms with E-state index < -0.39 is 18.4 Å². The Hall–Kier alpha value is -6.11. The predicted octanol–water partition coefficient (Wildman–Crippen LogP) is 9.23. The first-order chi connectivity index (χ1) is 33.6. The number of aliphatic hydroxyl groups excluding tert-OH is 1. The van der Waals surface area contributed by atoms with Crippen LogP contribution in [0.4, 0.5) is 4.39 Å². The number of carbonyl (C=O) groups is 1. The summed E-state index contributed by atoms with van der Waals surface area (Å²) in [4.78, 5) is 35.4. The minimum absolute atomic E-state index is 0.0564. The van der Waals surface area contributed by atoms with Gasteiger partial charge in [0, 0.05) is 61.3 Å². The number of fused-ring (bicyclic) bond motifs is 1. The zero-order valence-corrected chi connectivity index (χ0v) is 39.8. The Balaban J connectivity index is 1.04. The molecular formula is C52H52ClFN6O8S. The number of ether oxygens (including phenoxy) is 5. The van der Waals surface area contributed by atoms with E-state index in [4.69, 9.17) is 40.3 Å². The molecule has 358 valence electrons. The Morgan fingerprint density at radius 3 is 2.57 bits per heavy atom. The number of aliphatic carboxylic acids is 1. The van der Waals surface area contributed by atoms with Crippen LogP contribution in [0.5, 0.6) is 17.4 Å². The fourth-order valence-corrected chi connectivity index (χ4v) is 10.0. The second kappa shape index (κ2) is 22.1. The van der Waals surface area contributed by atoms with Crippen LogP contribution in [0.15, 0.2) is 97.5 Å². The van der Waals surface area contributed by atoms with E-state index in [2.05, 4.69) is 25.2 Å². The van der Waals surface area contributed by atoms with Crippen LogP contribution in [0.3, 0.4) is 0 Å². The predicted molar refractivity (Wildman–Crippen MR) is 261 cm³/mol. The van der Waals surface area contributed by atoms with E-state index in [0.29, 0.717) is 80.3 Å². The number of methoxy groups -OCH3 is 1. The van der Waals surface area contributed by atoms with Crippen molar-refractivity contribution in [2.45, 2.75) is 64.3 Å². The molecule has 2 saturated heterocycles. The number of halogens is 2. The summed E-state index contributed by atoms with van der Waals surface area (Å²) >= 11 is 8.47. The lowest BCUT2D eigenvalue weighted by Gasteiger charge is -2.29. The average Bonchev–Trinajstić information content (AvgIpc) is 3.77. The molecule has 2 aliphatic heterocycles. The minimum Gasteiger partial charge on any atom is -0.496 e. The number of nitrogens with zero attached hydrogens (tertiary/aromatic N) is 5. The number of carboxylic acid groups (broad SMARTS) is 1. The third kappa shape index (κ3) is 11.2. The molecule has 2 fully saturated rings. The highest BCUT2D eigenvalue weighted by molar-refractivity contribution is 7.22. The van der Waals surface area contributed by atoms with Gasteiger partial charge in [-0.2, -0.15) is 0 Å². The molecule has 7 aromatic rings. The van der Waals surface area contributed by atoms with E-state index in [-0.39, 0.29) is 30.8 Å². The highest BCUT2D eigenvalue weighted by Crippen LogP contribution is 2.49. The van der Waals surface area contributed by atoms with E-state index in [0.717, 1.165) is 72.6 Å². The summed E-state index contributed by atoms with van der Waals surface area (Å²) in [5.74, 6) is 0.0184. The summed E-state index contributed by atoms with van der Waals surface area (Å²) in [6, 6.07) is 24.9. The number of thiophene rings is 1. The first-order valence-corrected chi connectivity index (χ1v) is 24.1. The standard InChI is InChI=1S/C52H52ClFN6O8S/c1-31-38(13-14-40(46(31)53)52-65-24-5-25-66-52)44-45-49(57-30-58-50(45)69-47(44)33-9-11-35(54)12-10-33)68-43(51(62)63)27-34-26-32(28-55-20-23-60-21-17-37(61)18-22-60)8-15-41(34)67-29-36-16-19-56-48(59-36)39-6-3-4-7-42(39)64-2/h3-4,6-16,19,26,30,37,43,52,55,61H,5,17-18,20-25,27-29H2,1-2H3,(H,62,63). The second-order valence-electron chi connectivity index (χ2n) is 16.9. The van der Waals surface area contributed by atoms with E-state index in [1.54, 1.807) is 31.5 Å². The largest absolute Gasteiger partial charge is 0.496 e. The van der Waals surface area contributed by atoms with Crippen molar-refractivity contribution in [2.24, 2.45) is 0 Å². The number of hydrogen-bond donors (Lipinski definition) is 3. The van der Waals surface area contributed by atoms with Gasteiger partial charge in [0.05, 0.1) is 48.1 Å². The van der Waals surface area contributed by atoms with Gasteiger partial charge in [-0.15, -0.1) is 11.3 Å². The zero-order valence-electron chi connectivity index (χ0n) is 38.2. The first-order valence-electron chi connectivity index (χ1n) is 22.9. The Morgan fingerprint density at radius 2 is 1.78 bits per heavy atom. The minimum atomic E-state index is -1.44. The molecule has 0 aliphatic carbocycles. The summed E-state index contributed by atoms with van der Waals surface area (Å²) < 4.78 is 44.7. The number of rotatable bonds is 18. The quantitative estimate of drug-likeness (QED) is 0.0696. The van der Waals surface area contributed by atoms with Gasteiger partial charge in [-0.1, -0.05) is 60.1 Å². The van der Waals surface area contributed by atoms with Crippen molar-refractivity contribution in [3.05, 3.63) is 136 Å². The number of benzene rings is 4. The number of aromatic nitrogens is 4. The van der Waals surface area contributed by atoms with Gasteiger partial charge in [0.15, 0.2) is 12.1 Å². The number of aliphatic hydroxyl groups is 1. The summed E-state index contributed by atoms with van der Waals surface area (Å²) in [7, 11) is 1.60. The maximum absolute atomic E-state index is 14.3. The molecule has 1 unspecified atom stereocenters. The molecule has 2 aliphatic rings. The van der Waals surface area contributed by atoms with Crippen molar-refractivity contribution >= 4 is 39.1 Å². The molecule has 3 aromatic heterocycles. The molecule has 1 atom stereocenters. The van der Waals surface area contributed by atoms with E-state index >= 15 is 0 Å². The zero-order chi connectivity index (χ0) is 47.9. The average molecular weight is 976 g/mol. The second-order valence-corrected chi connectivity index (χ2v) is 18.3. The highest BCUT2D eigenvalue weighted by atomic mass is 35.5. The molecule has 9 rings (SSSR count). The number of piperidine rings is 1. The van der Waals surface area contributed by atoms with Crippen LogP contribution in [0, 0.1) is 12.7 Å². The Morgan fingerprint density at radius 1 is 0.986 bits per heavy atom. The molecule has 4 aromatic carbocycles. The summed E-state index contributed by atoms with van der Waals surface area (Å²) in [5.41, 5.74) is 6.37. The fraction of sp³-hybridized carbons (Fsp3) is 0.327. The van der Waals surface area contributed by atoms with Crippen LogP contribution in [-0.2, 0) is 33.8 Å². The number of nitrogens with one attached hydrogen (secondary N) is 1. The number of hydrogen-bond acceptors (Lipinski definition) is 14. The Bertz CT molecular complexity index is 2910. The molecule has 0 radical (unpaired) electrons. The van der Waals surface area contributed by atoms with Gasteiger partial charge in [0.2, 0.25) is 12.0 Å². The smallest absolute Gasteiger partial charge is 0.345 e. The summed E-state index contributed by atoms with van der Waals surface area (Å²) in [5, 5.41) is 25.3. The van der Waals surface area contributed by atoms with Crippen LogP contribution in [0.25, 0.3) is 43.2 Å². The van der Waals surface area contributed by atoms with E-state index in [9.17, 15) is 19.4 Å². The lowest BCUT2D eigenvalue weighted by atomic mass is 9.94. The molecule has 3 N–H and O–H groups in total. The number of carboxylic acids is 1. The third-order valence-corrected chi connectivity index (χ3v) is 14.0. The van der Waals surface area contributed by atoms with Crippen molar-refractivity contribution in [1.82, 2.24) is 30.2 Å². The Kier molecular flexibility index (Phi) is 15.4. The first kappa shape index (κ1) is 47.9. The molecular weight excluding hydrogens is 923 g/mol. The molecule has 0 spiro atoms. The lowest BCUT2D eigenvalue weighted by molar-refractivity contribution is -0.182. The van der Waals surface area contributed by atoms with Crippen LogP contribution < -0.4 is 19.5 Å². The van der Waals surface area contributed by atoms with Crippen molar-refractivity contribution < 1.29 is 43.1 Å². The van der Waals surface area contributed by atoms with Crippen LogP contribution in [-0.4, -0.2) is 99.7 Å². The monoisotopic (exact) mass is 974 g/mol. The molecule has 69 heavy (non-hydrogen) atoms. The van der Waals surface area contributed by atoms with Gasteiger partial charge in [0.1, 0.15) is 35.1 Å². The van der Waals surface area contributed by atoms with Gasteiger partial charge >= 0.3 is 5.97 Å². The fourth-order valence-electron chi connectivity index (χ4n) is 8.64. The number of para-hydroxylation sites is 1. The van der Waals surface area contributed by atoms with Gasteiger partial charge in [-0.3, -0.25) is 0 Å². The normalized spacial score (nSPS) is 15.3. The molecule has 0 saturated carbocycles. The van der Waals surface area contributed by atoms with Crippen molar-refractivity contribution in [1.29, 1.82) is 0 Å². The van der Waals surface area contributed by atoms with Gasteiger partial charge < -0.3 is 44.1 Å². The van der Waals surface area contributed by atoms with Gasteiger partial charge in [-0.25, -0.2) is 29.1 Å². The van der Waals surface area contributed by atoms with Gasteiger partial charge in [-0.05, 0) is 90.4 Å². The third-order valence-electron chi connectivity index (χ3n) is 12.3. The summed E-state index contributed by atoms with van der Waals surface area (Å²) in [6.45, 7) is 6.85. The van der Waals surface area contributed by atoms with E-state index in [1.807, 2.05) is 61.5 Å². The van der Waals surface area contributed by atoms with Crippen molar-refractivity contribution in [3.63, 3.8) is 0 Å². The SMILES string of the molecule is COc1ccccc1-c1nccc(COc2ccc(CNCCN3CCC(O)CC3)cc2CC(Oc2ncnc3sc(-c4ccc(F)cc4)c(-c4ccc(C5OCCCO5)c(Cl)c4C)c23)C(=O)O)n1. The van der Waals surface area contributed by atoms with Crippen LogP contribution >= 0.6 is 22.9 Å². The highest BCUT2D eigenvalue weighted by Gasteiger charge is 2.30. The van der Waals surface area contributed by atoms with Gasteiger partial charge in [0.25, 0.3) is 0 Å². The topological polar surface area (TPSA) is 171 Å². The van der Waals surface area contributed by atoms with Crippen molar-refractivity contribution in [3.8, 4) is 50.3 Å². The molecule has 14 nitrogen and oxygen atoms in total. The maximum atomic E-state index is 14.3. The molecule has 5 heterocycles.